The zero-order chi connectivity index (χ0) is 16.7. The fourth-order valence-corrected chi connectivity index (χ4v) is 3.12. The summed E-state index contributed by atoms with van der Waals surface area (Å²) >= 11 is 0. The van der Waals surface area contributed by atoms with Crippen molar-refractivity contribution in [2.75, 3.05) is 37.6 Å². The molecule has 0 unspecified atom stereocenters. The van der Waals surface area contributed by atoms with E-state index in [1.165, 1.54) is 6.33 Å². The van der Waals surface area contributed by atoms with Crippen molar-refractivity contribution in [3.63, 3.8) is 0 Å². The predicted octanol–water partition coefficient (Wildman–Crippen LogP) is -1.36. The van der Waals surface area contributed by atoms with Crippen LogP contribution in [0.1, 0.15) is 6.92 Å². The van der Waals surface area contributed by atoms with Gasteiger partial charge in [-0.2, -0.15) is 0 Å². The zero-order valence-electron chi connectivity index (χ0n) is 13.3. The van der Waals surface area contributed by atoms with E-state index in [0.717, 1.165) is 0 Å². The van der Waals surface area contributed by atoms with Crippen LogP contribution in [0.5, 0.6) is 0 Å². The van der Waals surface area contributed by atoms with E-state index in [-0.39, 0.29) is 24.3 Å². The third-order valence-corrected chi connectivity index (χ3v) is 4.46. The lowest BCUT2D eigenvalue weighted by molar-refractivity contribution is -0.142. The van der Waals surface area contributed by atoms with E-state index in [2.05, 4.69) is 25.6 Å². The van der Waals surface area contributed by atoms with Gasteiger partial charge in [0.15, 0.2) is 17.0 Å². The summed E-state index contributed by atoms with van der Waals surface area (Å²) in [5, 5.41) is 11.0. The molecular formula is C14H18N8O2. The summed E-state index contributed by atoms with van der Waals surface area (Å²) in [6.07, 6.45) is 1.50. The van der Waals surface area contributed by atoms with E-state index in [4.69, 9.17) is 0 Å². The average Bonchev–Trinajstić information content (AvgIpc) is 2.97. The summed E-state index contributed by atoms with van der Waals surface area (Å²) in [5.41, 5.74) is 1.35. The van der Waals surface area contributed by atoms with Crippen LogP contribution in [0, 0.1) is 5.92 Å². The molecule has 4 rings (SSSR count). The molecule has 4 heterocycles. The first-order valence-corrected chi connectivity index (χ1v) is 8.02. The van der Waals surface area contributed by atoms with E-state index in [9.17, 15) is 9.59 Å². The first-order chi connectivity index (χ1) is 11.7. The molecule has 1 N–H and O–H groups in total. The maximum Gasteiger partial charge on any atom is 0.239 e. The minimum absolute atomic E-state index is 0.0311. The lowest BCUT2D eigenvalue weighted by atomic mass is 9.98. The van der Waals surface area contributed by atoms with Crippen LogP contribution < -0.4 is 10.2 Å². The number of nitrogens with one attached hydrogen (secondary N) is 1. The average molecular weight is 330 g/mol. The van der Waals surface area contributed by atoms with Crippen LogP contribution in [0.3, 0.4) is 0 Å². The number of nitrogens with zero attached hydrogens (tertiary/aromatic N) is 7. The number of aryl methyl sites for hydroxylation is 1. The number of anilines is 1. The lowest BCUT2D eigenvalue weighted by Gasteiger charge is -2.41. The topological polar surface area (TPSA) is 109 Å². The third-order valence-electron chi connectivity index (χ3n) is 4.46. The van der Waals surface area contributed by atoms with E-state index in [0.29, 0.717) is 49.7 Å². The maximum absolute atomic E-state index is 12.5. The fraction of sp³-hybridized carbons (Fsp3) is 0.571. The van der Waals surface area contributed by atoms with Crippen LogP contribution >= 0.6 is 0 Å². The minimum atomic E-state index is -0.109. The van der Waals surface area contributed by atoms with Crippen molar-refractivity contribution in [2.45, 2.75) is 13.5 Å². The molecule has 0 bridgehead atoms. The summed E-state index contributed by atoms with van der Waals surface area (Å²) in [6, 6.07) is 0. The molecule has 0 spiro atoms. The Kier molecular flexibility index (Phi) is 3.51. The van der Waals surface area contributed by atoms with Crippen LogP contribution in [0.2, 0.25) is 0 Å². The molecule has 0 aliphatic carbocycles. The molecule has 0 atom stereocenters. The van der Waals surface area contributed by atoms with Gasteiger partial charge in [0, 0.05) is 32.7 Å². The molecule has 2 aromatic rings. The second-order valence-electron chi connectivity index (χ2n) is 5.99. The molecule has 10 heteroatoms. The van der Waals surface area contributed by atoms with Crippen LogP contribution in [-0.2, 0) is 16.1 Å². The summed E-state index contributed by atoms with van der Waals surface area (Å²) in [7, 11) is 0. The van der Waals surface area contributed by atoms with Crippen LogP contribution in [0.4, 0.5) is 5.82 Å². The molecule has 0 saturated carbocycles. The molecule has 2 amide bonds. The van der Waals surface area contributed by atoms with Gasteiger partial charge in [-0.15, -0.1) is 5.10 Å². The highest BCUT2D eigenvalue weighted by Crippen LogP contribution is 2.28. The van der Waals surface area contributed by atoms with Gasteiger partial charge in [0.1, 0.15) is 6.33 Å². The zero-order valence-corrected chi connectivity index (χ0v) is 13.3. The van der Waals surface area contributed by atoms with Gasteiger partial charge in [-0.1, -0.05) is 5.21 Å². The number of piperazine rings is 1. The quantitative estimate of drug-likeness (QED) is 0.740. The third kappa shape index (κ3) is 2.34. The highest BCUT2D eigenvalue weighted by molar-refractivity contribution is 5.89. The van der Waals surface area contributed by atoms with E-state index >= 15 is 0 Å². The van der Waals surface area contributed by atoms with Gasteiger partial charge in [0.05, 0.1) is 12.5 Å². The van der Waals surface area contributed by atoms with Gasteiger partial charge in [0.2, 0.25) is 11.8 Å². The van der Waals surface area contributed by atoms with Gasteiger partial charge in [0.25, 0.3) is 0 Å². The smallest absolute Gasteiger partial charge is 0.239 e. The van der Waals surface area contributed by atoms with Crippen molar-refractivity contribution in [1.29, 1.82) is 0 Å². The number of rotatable bonds is 3. The number of carbonyl (C=O) groups is 2. The molecular weight excluding hydrogens is 312 g/mol. The SMILES string of the molecule is CCn1nnc2c(N3CC(C(=O)N4CCNC(=O)C4)C3)ncnc21. The molecule has 10 nitrogen and oxygen atoms in total. The largest absolute Gasteiger partial charge is 0.353 e. The maximum atomic E-state index is 12.5. The molecule has 2 saturated heterocycles. The normalized spacial score (nSPS) is 18.6. The number of hydrogen-bond donors (Lipinski definition) is 1. The Bertz CT molecular complexity index is 797. The molecule has 2 aliphatic heterocycles. The highest BCUT2D eigenvalue weighted by Gasteiger charge is 2.38. The number of carbonyl (C=O) groups excluding carboxylic acids is 2. The van der Waals surface area contributed by atoms with Gasteiger partial charge in [-0.05, 0) is 6.92 Å². The fourth-order valence-electron chi connectivity index (χ4n) is 3.12. The Morgan fingerprint density at radius 2 is 2.21 bits per heavy atom. The Morgan fingerprint density at radius 3 is 2.96 bits per heavy atom. The summed E-state index contributed by atoms with van der Waals surface area (Å²) < 4.78 is 1.72. The lowest BCUT2D eigenvalue weighted by Crippen LogP contribution is -2.58. The first kappa shape index (κ1) is 14.8. The van der Waals surface area contributed by atoms with Crippen molar-refractivity contribution >= 4 is 28.8 Å². The molecule has 126 valence electrons. The van der Waals surface area contributed by atoms with Gasteiger partial charge < -0.3 is 15.1 Å². The first-order valence-electron chi connectivity index (χ1n) is 8.02. The van der Waals surface area contributed by atoms with Crippen molar-refractivity contribution in [3.8, 4) is 0 Å². The highest BCUT2D eigenvalue weighted by atomic mass is 16.2. The summed E-state index contributed by atoms with van der Waals surface area (Å²) in [6.45, 7) is 5.05. The van der Waals surface area contributed by atoms with Crippen LogP contribution in [0.25, 0.3) is 11.2 Å². The molecule has 0 radical (unpaired) electrons. The standard InChI is InChI=1S/C14H18N8O2/c1-2-22-13-11(18-19-22)12(16-8-17-13)21-5-9(6-21)14(24)20-4-3-15-10(23)7-20/h8-9H,2-7H2,1H3,(H,15,23). The second kappa shape index (κ2) is 5.69. The molecule has 2 aromatic heterocycles. The van der Waals surface area contributed by atoms with Crippen LogP contribution in [-0.4, -0.2) is 74.4 Å². The Morgan fingerprint density at radius 1 is 1.38 bits per heavy atom. The number of amides is 2. The van der Waals surface area contributed by atoms with Crippen molar-refractivity contribution in [3.05, 3.63) is 6.33 Å². The van der Waals surface area contributed by atoms with Crippen LogP contribution in [0.15, 0.2) is 6.33 Å². The Balaban J connectivity index is 1.47. The van der Waals surface area contributed by atoms with Crippen molar-refractivity contribution < 1.29 is 9.59 Å². The molecule has 24 heavy (non-hydrogen) atoms. The number of hydrogen-bond acceptors (Lipinski definition) is 7. The number of fused-ring (bicyclic) bond motifs is 1. The van der Waals surface area contributed by atoms with Crippen molar-refractivity contribution in [2.24, 2.45) is 5.92 Å². The Labute approximate surface area is 137 Å². The molecule has 2 aliphatic rings. The predicted molar refractivity (Wildman–Crippen MR) is 84.1 cm³/mol. The molecule has 0 aromatic carbocycles. The van der Waals surface area contributed by atoms with Crippen molar-refractivity contribution in [1.82, 2.24) is 35.2 Å². The minimum Gasteiger partial charge on any atom is -0.353 e. The summed E-state index contributed by atoms with van der Waals surface area (Å²) in [5.74, 6) is 0.533. The van der Waals surface area contributed by atoms with E-state index in [1.807, 2.05) is 11.8 Å². The monoisotopic (exact) mass is 330 g/mol. The Hall–Kier alpha value is -2.78. The second-order valence-corrected chi connectivity index (χ2v) is 5.99. The van der Waals surface area contributed by atoms with E-state index < -0.39 is 0 Å². The molecule has 2 fully saturated rings. The van der Waals surface area contributed by atoms with Gasteiger partial charge >= 0.3 is 0 Å². The van der Waals surface area contributed by atoms with Gasteiger partial charge in [-0.25, -0.2) is 14.6 Å². The van der Waals surface area contributed by atoms with E-state index in [1.54, 1.807) is 9.58 Å². The number of aromatic nitrogens is 5. The summed E-state index contributed by atoms with van der Waals surface area (Å²) in [4.78, 5) is 36.1. The van der Waals surface area contributed by atoms with Gasteiger partial charge in [-0.3, -0.25) is 9.59 Å².